The van der Waals surface area contributed by atoms with E-state index in [9.17, 15) is 4.79 Å². The summed E-state index contributed by atoms with van der Waals surface area (Å²) >= 11 is 5.93. The Balaban J connectivity index is 1.89. The van der Waals surface area contributed by atoms with Crippen molar-refractivity contribution in [2.75, 3.05) is 26.7 Å². The van der Waals surface area contributed by atoms with Crippen LogP contribution >= 0.6 is 11.6 Å². The fourth-order valence-corrected chi connectivity index (χ4v) is 2.77. The Labute approximate surface area is 119 Å². The highest BCUT2D eigenvalue weighted by Gasteiger charge is 2.23. The van der Waals surface area contributed by atoms with Crippen LogP contribution in [0.15, 0.2) is 24.3 Å². The molecule has 4 heteroatoms. The minimum Gasteiger partial charge on any atom is -0.339 e. The maximum atomic E-state index is 12.3. The van der Waals surface area contributed by atoms with E-state index in [-0.39, 0.29) is 5.91 Å². The summed E-state index contributed by atoms with van der Waals surface area (Å²) in [6.45, 7) is 2.78. The van der Waals surface area contributed by atoms with Gasteiger partial charge in [-0.2, -0.15) is 0 Å². The van der Waals surface area contributed by atoms with E-state index in [4.69, 9.17) is 11.6 Å². The molecule has 0 radical (unpaired) electrons. The number of rotatable bonds is 4. The molecular weight excluding hydrogens is 260 g/mol. The average molecular weight is 281 g/mol. The Kier molecular flexibility index (Phi) is 5.23. The lowest BCUT2D eigenvalue weighted by Crippen LogP contribution is -2.38. The van der Waals surface area contributed by atoms with E-state index in [0.717, 1.165) is 38.4 Å². The van der Waals surface area contributed by atoms with Crippen LogP contribution < -0.4 is 5.32 Å². The number of benzene rings is 1. The molecule has 1 aliphatic rings. The second-order valence-electron chi connectivity index (χ2n) is 5.14. The summed E-state index contributed by atoms with van der Waals surface area (Å²) in [4.78, 5) is 14.3. The number of likely N-dealkylation sites (tertiary alicyclic amines) is 1. The second-order valence-corrected chi connectivity index (χ2v) is 5.57. The molecule has 1 aromatic rings. The fourth-order valence-electron chi connectivity index (χ4n) is 2.58. The van der Waals surface area contributed by atoms with E-state index >= 15 is 0 Å². The van der Waals surface area contributed by atoms with Crippen LogP contribution in [0.25, 0.3) is 0 Å². The number of nitrogens with one attached hydrogen (secondary N) is 1. The molecule has 0 aliphatic carbocycles. The van der Waals surface area contributed by atoms with Crippen LogP contribution in [0, 0.1) is 5.92 Å². The summed E-state index contributed by atoms with van der Waals surface area (Å²) < 4.78 is 0. The van der Waals surface area contributed by atoms with Crippen molar-refractivity contribution in [3.8, 4) is 0 Å². The Morgan fingerprint density at radius 3 is 2.79 bits per heavy atom. The number of halogens is 1. The SMILES string of the molecule is CNCCC1CCN(C(=O)c2cccc(Cl)c2)CC1. The van der Waals surface area contributed by atoms with Gasteiger partial charge in [0.15, 0.2) is 0 Å². The third-order valence-electron chi connectivity index (χ3n) is 3.78. The Morgan fingerprint density at radius 1 is 1.42 bits per heavy atom. The Morgan fingerprint density at radius 2 is 2.16 bits per heavy atom. The van der Waals surface area contributed by atoms with Gasteiger partial charge in [0.1, 0.15) is 0 Å². The first-order chi connectivity index (χ1) is 9.20. The maximum absolute atomic E-state index is 12.3. The van der Waals surface area contributed by atoms with E-state index < -0.39 is 0 Å². The third kappa shape index (κ3) is 3.95. The number of amides is 1. The van der Waals surface area contributed by atoms with E-state index in [1.54, 1.807) is 12.1 Å². The predicted molar refractivity (Wildman–Crippen MR) is 78.6 cm³/mol. The van der Waals surface area contributed by atoms with Crippen molar-refractivity contribution in [1.29, 1.82) is 0 Å². The van der Waals surface area contributed by atoms with E-state index in [1.807, 2.05) is 24.1 Å². The summed E-state index contributed by atoms with van der Waals surface area (Å²) in [6.07, 6.45) is 3.41. The lowest BCUT2D eigenvalue weighted by molar-refractivity contribution is 0.0687. The zero-order chi connectivity index (χ0) is 13.7. The molecule has 1 aromatic carbocycles. The molecule has 1 saturated heterocycles. The highest BCUT2D eigenvalue weighted by Crippen LogP contribution is 2.22. The largest absolute Gasteiger partial charge is 0.339 e. The molecule has 104 valence electrons. The van der Waals surface area contributed by atoms with Crippen molar-refractivity contribution in [3.05, 3.63) is 34.9 Å². The second kappa shape index (κ2) is 6.92. The molecule has 0 bridgehead atoms. The molecule has 19 heavy (non-hydrogen) atoms. The molecule has 0 spiro atoms. The Bertz CT molecular complexity index is 428. The van der Waals surface area contributed by atoms with Crippen LogP contribution in [0.5, 0.6) is 0 Å². The first kappa shape index (κ1) is 14.4. The van der Waals surface area contributed by atoms with Gasteiger partial charge in [0.25, 0.3) is 5.91 Å². The Hall–Kier alpha value is -1.06. The van der Waals surface area contributed by atoms with E-state index in [1.165, 1.54) is 6.42 Å². The number of carbonyl (C=O) groups excluding carboxylic acids is 1. The lowest BCUT2D eigenvalue weighted by Gasteiger charge is -2.32. The molecule has 1 N–H and O–H groups in total. The maximum Gasteiger partial charge on any atom is 0.253 e. The van der Waals surface area contributed by atoms with Crippen LogP contribution in [-0.2, 0) is 0 Å². The molecule has 1 aliphatic heterocycles. The van der Waals surface area contributed by atoms with Crippen molar-refractivity contribution in [2.45, 2.75) is 19.3 Å². The minimum absolute atomic E-state index is 0.106. The van der Waals surface area contributed by atoms with Crippen LogP contribution in [-0.4, -0.2) is 37.5 Å². The minimum atomic E-state index is 0.106. The van der Waals surface area contributed by atoms with Gasteiger partial charge in [0.2, 0.25) is 0 Å². The number of piperidine rings is 1. The molecule has 0 atom stereocenters. The monoisotopic (exact) mass is 280 g/mol. The van der Waals surface area contributed by atoms with Gasteiger partial charge in [-0.3, -0.25) is 4.79 Å². The molecule has 1 fully saturated rings. The fraction of sp³-hybridized carbons (Fsp3) is 0.533. The van der Waals surface area contributed by atoms with Crippen molar-refractivity contribution in [3.63, 3.8) is 0 Å². The summed E-state index contributed by atoms with van der Waals surface area (Å²) in [7, 11) is 1.98. The summed E-state index contributed by atoms with van der Waals surface area (Å²) in [6, 6.07) is 7.20. The van der Waals surface area contributed by atoms with Gasteiger partial charge in [-0.05, 0) is 57.0 Å². The van der Waals surface area contributed by atoms with E-state index in [2.05, 4.69) is 5.32 Å². The van der Waals surface area contributed by atoms with Crippen LogP contribution in [0.1, 0.15) is 29.6 Å². The molecule has 1 amide bonds. The number of hydrogen-bond acceptors (Lipinski definition) is 2. The third-order valence-corrected chi connectivity index (χ3v) is 4.01. The number of nitrogens with zero attached hydrogens (tertiary/aromatic N) is 1. The van der Waals surface area contributed by atoms with Gasteiger partial charge in [0, 0.05) is 23.7 Å². The first-order valence-corrected chi connectivity index (χ1v) is 7.28. The first-order valence-electron chi connectivity index (χ1n) is 6.90. The zero-order valence-corrected chi connectivity index (χ0v) is 12.1. The predicted octanol–water partition coefficient (Wildman–Crippen LogP) is 2.80. The van der Waals surface area contributed by atoms with Crippen LogP contribution in [0.4, 0.5) is 0 Å². The molecular formula is C15H21ClN2O. The van der Waals surface area contributed by atoms with Gasteiger partial charge in [-0.1, -0.05) is 17.7 Å². The van der Waals surface area contributed by atoms with Crippen LogP contribution in [0.3, 0.4) is 0 Å². The van der Waals surface area contributed by atoms with Crippen LogP contribution in [0.2, 0.25) is 5.02 Å². The van der Waals surface area contributed by atoms with Gasteiger partial charge in [-0.25, -0.2) is 0 Å². The van der Waals surface area contributed by atoms with Crippen molar-refractivity contribution in [2.24, 2.45) is 5.92 Å². The molecule has 0 aromatic heterocycles. The average Bonchev–Trinajstić information content (AvgIpc) is 2.45. The van der Waals surface area contributed by atoms with Crippen molar-refractivity contribution >= 4 is 17.5 Å². The number of hydrogen-bond donors (Lipinski definition) is 1. The molecule has 0 saturated carbocycles. The number of carbonyl (C=O) groups is 1. The van der Waals surface area contributed by atoms with Crippen molar-refractivity contribution in [1.82, 2.24) is 10.2 Å². The summed E-state index contributed by atoms with van der Waals surface area (Å²) in [5.41, 5.74) is 0.696. The van der Waals surface area contributed by atoms with Gasteiger partial charge in [0.05, 0.1) is 0 Å². The van der Waals surface area contributed by atoms with E-state index in [0.29, 0.717) is 10.6 Å². The van der Waals surface area contributed by atoms with Gasteiger partial charge >= 0.3 is 0 Å². The smallest absolute Gasteiger partial charge is 0.253 e. The zero-order valence-electron chi connectivity index (χ0n) is 11.4. The van der Waals surface area contributed by atoms with Crippen molar-refractivity contribution < 1.29 is 4.79 Å². The topological polar surface area (TPSA) is 32.3 Å². The quantitative estimate of drug-likeness (QED) is 0.920. The van der Waals surface area contributed by atoms with Gasteiger partial charge < -0.3 is 10.2 Å². The normalized spacial score (nSPS) is 16.6. The van der Waals surface area contributed by atoms with Gasteiger partial charge in [-0.15, -0.1) is 0 Å². The molecule has 2 rings (SSSR count). The summed E-state index contributed by atoms with van der Waals surface area (Å²) in [5.74, 6) is 0.852. The molecule has 1 heterocycles. The molecule has 0 unspecified atom stereocenters. The lowest BCUT2D eigenvalue weighted by atomic mass is 9.93. The highest BCUT2D eigenvalue weighted by molar-refractivity contribution is 6.30. The highest BCUT2D eigenvalue weighted by atomic mass is 35.5. The summed E-state index contributed by atoms with van der Waals surface area (Å²) in [5, 5.41) is 3.81. The molecule has 3 nitrogen and oxygen atoms in total. The standard InChI is InChI=1S/C15H21ClN2O/c1-17-8-5-12-6-9-18(10-7-12)15(19)13-3-2-4-14(16)11-13/h2-4,11-12,17H,5-10H2,1H3.